The van der Waals surface area contributed by atoms with Gasteiger partial charge in [-0.2, -0.15) is 15.8 Å². The molecule has 6 aromatic carbocycles. The normalized spacial score (nSPS) is 10.7. The first-order valence-electron chi connectivity index (χ1n) is 16.3. The number of hydrogen-bond donors (Lipinski definition) is 0. The fraction of sp³-hybridized carbons (Fsp3) is 0. The van der Waals surface area contributed by atoms with Crippen LogP contribution in [0.5, 0.6) is 0 Å². The minimum atomic E-state index is -0.200. The maximum absolute atomic E-state index is 9.65. The lowest BCUT2D eigenvalue weighted by molar-refractivity contribution is 1.28. The second-order valence-electron chi connectivity index (χ2n) is 11.8. The van der Waals surface area contributed by atoms with Gasteiger partial charge in [-0.3, -0.25) is 0 Å². The van der Waals surface area contributed by atoms with Crippen LogP contribution in [0.15, 0.2) is 163 Å². The van der Waals surface area contributed by atoms with E-state index in [0.717, 1.165) is 22.6 Å². The van der Waals surface area contributed by atoms with Crippen molar-refractivity contribution in [3.63, 3.8) is 0 Å². The van der Waals surface area contributed by atoms with Crippen LogP contribution in [-0.2, 0) is 0 Å². The van der Waals surface area contributed by atoms with Crippen LogP contribution in [0.1, 0.15) is 5.56 Å². The van der Waals surface area contributed by atoms with Gasteiger partial charge in [0.1, 0.15) is 23.8 Å². The molecule has 0 radical (unpaired) electrons. The van der Waals surface area contributed by atoms with Crippen molar-refractivity contribution in [1.29, 1.82) is 15.8 Å². The first-order chi connectivity index (χ1) is 25.2. The summed E-state index contributed by atoms with van der Waals surface area (Å²) in [5, 5.41) is 35.5. The van der Waals surface area contributed by atoms with E-state index in [9.17, 15) is 15.8 Å². The van der Waals surface area contributed by atoms with E-state index in [4.69, 9.17) is 0 Å². The summed E-state index contributed by atoms with van der Waals surface area (Å²) in [5.41, 5.74) is 6.91. The van der Waals surface area contributed by atoms with E-state index in [1.54, 1.807) is 34.8 Å². The highest BCUT2D eigenvalue weighted by Gasteiger charge is 2.19. The molecule has 0 N–H and O–H groups in total. The van der Waals surface area contributed by atoms with Crippen molar-refractivity contribution < 1.29 is 0 Å². The van der Waals surface area contributed by atoms with Crippen molar-refractivity contribution in [1.82, 2.24) is 0 Å². The van der Waals surface area contributed by atoms with Crippen LogP contribution in [0.2, 0.25) is 0 Å². The van der Waals surface area contributed by atoms with Gasteiger partial charge in [-0.15, -0.1) is 22.7 Å². The summed E-state index contributed by atoms with van der Waals surface area (Å²) in [7, 11) is 0. The van der Waals surface area contributed by atoms with Gasteiger partial charge in [0.05, 0.1) is 5.57 Å². The Morgan fingerprint density at radius 1 is 0.451 bits per heavy atom. The van der Waals surface area contributed by atoms with Gasteiger partial charge in [0, 0.05) is 42.8 Å². The van der Waals surface area contributed by atoms with Gasteiger partial charge in [-0.05, 0) is 92.6 Å². The average Bonchev–Trinajstić information content (AvgIpc) is 3.91. The maximum atomic E-state index is 9.65. The Morgan fingerprint density at radius 2 is 0.961 bits per heavy atom. The van der Waals surface area contributed by atoms with Gasteiger partial charge in [0.2, 0.25) is 0 Å². The number of fused-ring (bicyclic) bond motifs is 2. The number of rotatable bonds is 7. The number of allylic oxidation sites excluding steroid dienone is 2. The molecule has 0 atom stereocenters. The van der Waals surface area contributed by atoms with Gasteiger partial charge in [-0.1, -0.05) is 97.1 Å². The molecule has 8 rings (SSSR count). The molecule has 2 aromatic heterocycles. The molecule has 0 saturated carbocycles. The van der Waals surface area contributed by atoms with E-state index in [1.165, 1.54) is 47.3 Å². The smallest absolute Gasteiger partial charge is 0.148 e. The molecule has 0 aliphatic carbocycles. The summed E-state index contributed by atoms with van der Waals surface area (Å²) in [6.07, 6.45) is 0. The van der Waals surface area contributed by atoms with Crippen LogP contribution >= 0.6 is 22.7 Å². The van der Waals surface area contributed by atoms with E-state index in [2.05, 4.69) is 119 Å². The average molecular weight is 687 g/mol. The predicted molar refractivity (Wildman–Crippen MR) is 212 cm³/mol. The van der Waals surface area contributed by atoms with Gasteiger partial charge in [0.25, 0.3) is 0 Å². The molecule has 0 unspecified atom stereocenters. The van der Waals surface area contributed by atoms with Crippen LogP contribution in [0.4, 0.5) is 17.1 Å². The molecule has 238 valence electrons. The molecular formula is C45H26N4S2. The number of nitriles is 3. The molecule has 0 aliphatic rings. The highest BCUT2D eigenvalue weighted by atomic mass is 32.1. The van der Waals surface area contributed by atoms with Crippen LogP contribution in [-0.4, -0.2) is 0 Å². The molecule has 6 heteroatoms. The quantitative estimate of drug-likeness (QED) is 0.124. The zero-order valence-electron chi connectivity index (χ0n) is 27.1. The summed E-state index contributed by atoms with van der Waals surface area (Å²) >= 11 is 3.58. The zero-order valence-corrected chi connectivity index (χ0v) is 28.7. The Balaban J connectivity index is 1.18. The van der Waals surface area contributed by atoms with Crippen molar-refractivity contribution in [2.75, 3.05) is 4.90 Å². The Kier molecular flexibility index (Phi) is 8.42. The van der Waals surface area contributed by atoms with Crippen molar-refractivity contribution in [2.45, 2.75) is 0 Å². The zero-order chi connectivity index (χ0) is 34.7. The standard InChI is InChI=1S/C45H26N4S2/c46-27-32(28-47)40(29-48)30-16-20-34(21-17-30)49(33-9-2-1-3-10-33)35-22-18-31(19-23-35)41-24-25-43(51-41)45-38-13-6-4-11-36(38)44(42-15-8-26-50-42)37-12-5-7-14-39(37)45/h1-26H. The predicted octanol–water partition coefficient (Wildman–Crippen LogP) is 12.9. The van der Waals surface area contributed by atoms with Crippen LogP contribution in [0.25, 0.3) is 58.4 Å². The minimum Gasteiger partial charge on any atom is -0.311 e. The Labute approximate surface area is 303 Å². The molecule has 0 fully saturated rings. The number of para-hydroxylation sites is 1. The fourth-order valence-corrected chi connectivity index (χ4v) is 8.57. The maximum Gasteiger partial charge on any atom is 0.148 e. The number of hydrogen-bond acceptors (Lipinski definition) is 6. The van der Waals surface area contributed by atoms with Gasteiger partial charge < -0.3 is 4.90 Å². The lowest BCUT2D eigenvalue weighted by Crippen LogP contribution is -2.09. The van der Waals surface area contributed by atoms with E-state index in [-0.39, 0.29) is 11.1 Å². The highest BCUT2D eigenvalue weighted by molar-refractivity contribution is 7.19. The van der Waals surface area contributed by atoms with E-state index in [0.29, 0.717) is 5.56 Å². The lowest BCUT2D eigenvalue weighted by atomic mass is 9.90. The molecule has 0 amide bonds. The Hall–Kier alpha value is -6.75. The fourth-order valence-electron chi connectivity index (χ4n) is 6.69. The van der Waals surface area contributed by atoms with Gasteiger partial charge in [0.15, 0.2) is 0 Å². The van der Waals surface area contributed by atoms with Crippen molar-refractivity contribution in [3.8, 4) is 49.5 Å². The van der Waals surface area contributed by atoms with Crippen LogP contribution < -0.4 is 4.90 Å². The molecule has 0 aliphatic heterocycles. The van der Waals surface area contributed by atoms with Crippen molar-refractivity contribution in [2.24, 2.45) is 0 Å². The lowest BCUT2D eigenvalue weighted by Gasteiger charge is -2.25. The third-order valence-corrected chi connectivity index (χ3v) is 11.0. The summed E-state index contributed by atoms with van der Waals surface area (Å²) < 4.78 is 0. The third-order valence-electron chi connectivity index (χ3n) is 8.98. The Bertz CT molecular complexity index is 2630. The van der Waals surface area contributed by atoms with Gasteiger partial charge >= 0.3 is 0 Å². The molecule has 51 heavy (non-hydrogen) atoms. The number of thiophene rings is 2. The SMILES string of the molecule is N#CC(C#N)=C(C#N)c1ccc(N(c2ccccc2)c2ccc(-c3ccc(-c4c5ccccc5c(-c5cccs5)c5ccccc45)s3)cc2)cc1. The molecule has 4 nitrogen and oxygen atoms in total. The number of anilines is 3. The number of nitrogens with zero attached hydrogens (tertiary/aromatic N) is 4. The first kappa shape index (κ1) is 31.5. The second kappa shape index (κ2) is 13.6. The summed E-state index contributed by atoms with van der Waals surface area (Å²) in [4.78, 5) is 5.83. The van der Waals surface area contributed by atoms with Crippen molar-refractivity contribution in [3.05, 3.63) is 168 Å². The molecule has 2 heterocycles. The molecule has 0 bridgehead atoms. The molecule has 8 aromatic rings. The Morgan fingerprint density at radius 3 is 1.49 bits per heavy atom. The van der Waals surface area contributed by atoms with E-state index >= 15 is 0 Å². The summed E-state index contributed by atoms with van der Waals surface area (Å²) in [5.74, 6) is 0. The number of benzene rings is 6. The van der Waals surface area contributed by atoms with E-state index < -0.39 is 0 Å². The molecule has 0 saturated heterocycles. The van der Waals surface area contributed by atoms with Gasteiger partial charge in [-0.25, -0.2) is 0 Å². The molecule has 0 spiro atoms. The monoisotopic (exact) mass is 686 g/mol. The first-order valence-corrected chi connectivity index (χ1v) is 18.0. The third kappa shape index (κ3) is 5.74. The highest BCUT2D eigenvalue weighted by Crippen LogP contribution is 2.47. The van der Waals surface area contributed by atoms with Crippen LogP contribution in [0.3, 0.4) is 0 Å². The van der Waals surface area contributed by atoms with Crippen molar-refractivity contribution >= 4 is 66.9 Å². The summed E-state index contributed by atoms with van der Waals surface area (Å²) in [6.45, 7) is 0. The van der Waals surface area contributed by atoms with Crippen LogP contribution in [0, 0.1) is 34.0 Å². The summed E-state index contributed by atoms with van der Waals surface area (Å²) in [6, 6.07) is 58.0. The van der Waals surface area contributed by atoms with E-state index in [1.807, 2.05) is 48.5 Å². The second-order valence-corrected chi connectivity index (χ2v) is 13.9. The molecular weight excluding hydrogens is 661 g/mol. The topological polar surface area (TPSA) is 74.6 Å². The minimum absolute atomic E-state index is 0.0666. The largest absolute Gasteiger partial charge is 0.311 e.